The lowest BCUT2D eigenvalue weighted by atomic mass is 10.2. The van der Waals surface area contributed by atoms with E-state index >= 15 is 0 Å². The molecule has 1 aromatic rings. The van der Waals surface area contributed by atoms with Gasteiger partial charge in [-0.3, -0.25) is 4.79 Å². The number of carbonyl (C=O) groups is 1. The lowest BCUT2D eigenvalue weighted by molar-refractivity contribution is 0.0950. The molecule has 0 radical (unpaired) electrons. The normalized spacial score (nSPS) is 14.3. The number of unbranched alkanes of at least 4 members (excludes halogenated alkanes) is 1. The van der Waals surface area contributed by atoms with Gasteiger partial charge in [-0.2, -0.15) is 0 Å². The van der Waals surface area contributed by atoms with Gasteiger partial charge in [-0.25, -0.2) is 0 Å². The van der Waals surface area contributed by atoms with Crippen molar-refractivity contribution in [2.75, 3.05) is 12.5 Å². The summed E-state index contributed by atoms with van der Waals surface area (Å²) < 4.78 is 5.58. The third kappa shape index (κ3) is 4.22. The zero-order valence-corrected chi connectivity index (χ0v) is 11.1. The minimum Gasteiger partial charge on any atom is -0.494 e. The highest BCUT2D eigenvalue weighted by Crippen LogP contribution is 2.20. The summed E-state index contributed by atoms with van der Waals surface area (Å²) in [5.74, 6) is 1.39. The maximum absolute atomic E-state index is 11.8. The Morgan fingerprint density at radius 2 is 2.22 bits per heavy atom. The number of rotatable bonds is 7. The molecule has 0 saturated heterocycles. The van der Waals surface area contributed by atoms with Crippen molar-refractivity contribution in [3.63, 3.8) is 0 Å². The van der Waals surface area contributed by atoms with Crippen molar-refractivity contribution in [1.82, 2.24) is 5.32 Å². The van der Waals surface area contributed by atoms with Gasteiger partial charge in [-0.1, -0.05) is 6.07 Å². The second kappa shape index (κ2) is 6.64. The number of hydrogen-bond acceptors (Lipinski definition) is 2. The van der Waals surface area contributed by atoms with E-state index in [2.05, 4.69) is 5.32 Å². The molecule has 18 heavy (non-hydrogen) atoms. The van der Waals surface area contributed by atoms with E-state index in [4.69, 9.17) is 16.3 Å². The Labute approximate surface area is 112 Å². The molecule has 0 aromatic heterocycles. The molecule has 0 spiro atoms. The first-order chi connectivity index (χ1) is 8.79. The third-order valence-corrected chi connectivity index (χ3v) is 3.07. The van der Waals surface area contributed by atoms with E-state index in [1.807, 2.05) is 18.2 Å². The van der Waals surface area contributed by atoms with Crippen LogP contribution < -0.4 is 10.1 Å². The largest absolute Gasteiger partial charge is 0.494 e. The van der Waals surface area contributed by atoms with Gasteiger partial charge in [0.1, 0.15) is 5.75 Å². The molecule has 1 fully saturated rings. The van der Waals surface area contributed by atoms with Crippen LogP contribution in [0, 0.1) is 0 Å². The summed E-state index contributed by atoms with van der Waals surface area (Å²) in [6.45, 7) is 0.639. The van der Waals surface area contributed by atoms with Crippen LogP contribution in [-0.2, 0) is 0 Å². The summed E-state index contributed by atoms with van der Waals surface area (Å²) in [6.07, 6.45) is 4.08. The standard InChI is InChI=1S/C14H18ClNO2/c15-8-1-2-9-18-13-5-3-4-11(10-13)14(17)16-12-6-7-12/h3-5,10,12H,1-2,6-9H2,(H,16,17). The molecule has 4 heteroatoms. The number of carbonyl (C=O) groups excluding carboxylic acids is 1. The van der Waals surface area contributed by atoms with Crippen molar-refractivity contribution in [2.24, 2.45) is 0 Å². The van der Waals surface area contributed by atoms with E-state index in [-0.39, 0.29) is 5.91 Å². The average Bonchev–Trinajstić information content (AvgIpc) is 3.19. The van der Waals surface area contributed by atoms with Gasteiger partial charge in [0.15, 0.2) is 0 Å². The Hall–Kier alpha value is -1.22. The third-order valence-electron chi connectivity index (χ3n) is 2.81. The van der Waals surface area contributed by atoms with Crippen LogP contribution in [-0.4, -0.2) is 24.4 Å². The molecule has 98 valence electrons. The van der Waals surface area contributed by atoms with Gasteiger partial charge < -0.3 is 10.1 Å². The second-order valence-electron chi connectivity index (χ2n) is 4.52. The molecule has 0 atom stereocenters. The average molecular weight is 268 g/mol. The van der Waals surface area contributed by atoms with Gasteiger partial charge >= 0.3 is 0 Å². The Kier molecular flexibility index (Phi) is 4.88. The first kappa shape index (κ1) is 13.2. The van der Waals surface area contributed by atoms with E-state index < -0.39 is 0 Å². The topological polar surface area (TPSA) is 38.3 Å². The van der Waals surface area contributed by atoms with Crippen LogP contribution in [0.5, 0.6) is 5.75 Å². The molecule has 2 rings (SSSR count). The van der Waals surface area contributed by atoms with Crippen molar-refractivity contribution in [2.45, 2.75) is 31.7 Å². The first-order valence-corrected chi connectivity index (χ1v) is 6.93. The summed E-state index contributed by atoms with van der Waals surface area (Å²) in [4.78, 5) is 11.8. The predicted octanol–water partition coefficient (Wildman–Crippen LogP) is 2.98. The molecule has 1 amide bonds. The number of amides is 1. The zero-order chi connectivity index (χ0) is 12.8. The van der Waals surface area contributed by atoms with Crippen molar-refractivity contribution >= 4 is 17.5 Å². The van der Waals surface area contributed by atoms with Gasteiger partial charge in [0.25, 0.3) is 5.91 Å². The molecule has 0 bridgehead atoms. The number of nitrogens with one attached hydrogen (secondary N) is 1. The van der Waals surface area contributed by atoms with Gasteiger partial charge in [-0.05, 0) is 43.9 Å². The molecule has 0 unspecified atom stereocenters. The lowest BCUT2D eigenvalue weighted by Crippen LogP contribution is -2.25. The molecular formula is C14H18ClNO2. The summed E-state index contributed by atoms with van der Waals surface area (Å²) in [7, 11) is 0. The number of benzene rings is 1. The predicted molar refractivity (Wildman–Crippen MR) is 72.4 cm³/mol. The molecule has 0 aliphatic heterocycles. The van der Waals surface area contributed by atoms with Gasteiger partial charge in [0.05, 0.1) is 6.61 Å². The highest BCUT2D eigenvalue weighted by Gasteiger charge is 2.23. The Morgan fingerprint density at radius 3 is 2.94 bits per heavy atom. The van der Waals surface area contributed by atoms with E-state index in [1.165, 1.54) is 0 Å². The molecule has 1 aromatic carbocycles. The molecule has 0 heterocycles. The fraction of sp³-hybridized carbons (Fsp3) is 0.500. The van der Waals surface area contributed by atoms with Crippen LogP contribution in [0.4, 0.5) is 0 Å². The van der Waals surface area contributed by atoms with E-state index in [1.54, 1.807) is 6.07 Å². The summed E-state index contributed by atoms with van der Waals surface area (Å²) in [6, 6.07) is 7.69. The Balaban J connectivity index is 1.85. The van der Waals surface area contributed by atoms with Crippen LogP contribution in [0.25, 0.3) is 0 Å². The van der Waals surface area contributed by atoms with Crippen molar-refractivity contribution in [3.8, 4) is 5.75 Å². The smallest absolute Gasteiger partial charge is 0.251 e. The number of alkyl halides is 1. The SMILES string of the molecule is O=C(NC1CC1)c1cccc(OCCCCCl)c1. The Bertz CT molecular complexity index is 405. The molecule has 1 N–H and O–H groups in total. The summed E-state index contributed by atoms with van der Waals surface area (Å²) in [5, 5.41) is 2.96. The van der Waals surface area contributed by atoms with Crippen molar-refractivity contribution in [3.05, 3.63) is 29.8 Å². The van der Waals surface area contributed by atoms with Crippen LogP contribution in [0.2, 0.25) is 0 Å². The van der Waals surface area contributed by atoms with Crippen molar-refractivity contribution in [1.29, 1.82) is 0 Å². The highest BCUT2D eigenvalue weighted by molar-refractivity contribution is 6.17. The van der Waals surface area contributed by atoms with Crippen molar-refractivity contribution < 1.29 is 9.53 Å². The maximum atomic E-state index is 11.8. The van der Waals surface area contributed by atoms with Crippen LogP contribution in [0.15, 0.2) is 24.3 Å². The van der Waals surface area contributed by atoms with Crippen LogP contribution in [0.3, 0.4) is 0 Å². The number of hydrogen-bond donors (Lipinski definition) is 1. The number of halogens is 1. The number of ether oxygens (including phenoxy) is 1. The molecule has 3 nitrogen and oxygen atoms in total. The van der Waals surface area contributed by atoms with Gasteiger partial charge in [0.2, 0.25) is 0 Å². The van der Waals surface area contributed by atoms with Gasteiger partial charge in [-0.15, -0.1) is 11.6 Å². The fourth-order valence-electron chi connectivity index (χ4n) is 1.61. The Morgan fingerprint density at radius 1 is 1.39 bits per heavy atom. The minimum absolute atomic E-state index is 0.0105. The lowest BCUT2D eigenvalue weighted by Gasteiger charge is -2.08. The molecule has 1 aliphatic carbocycles. The van der Waals surface area contributed by atoms with E-state index in [0.29, 0.717) is 24.1 Å². The fourth-order valence-corrected chi connectivity index (χ4v) is 1.80. The van der Waals surface area contributed by atoms with Crippen LogP contribution >= 0.6 is 11.6 Å². The summed E-state index contributed by atoms with van der Waals surface area (Å²) in [5.41, 5.74) is 0.664. The summed E-state index contributed by atoms with van der Waals surface area (Å²) >= 11 is 5.60. The molecular weight excluding hydrogens is 250 g/mol. The van der Waals surface area contributed by atoms with Crippen LogP contribution in [0.1, 0.15) is 36.0 Å². The first-order valence-electron chi connectivity index (χ1n) is 6.39. The quantitative estimate of drug-likeness (QED) is 0.609. The van der Waals surface area contributed by atoms with Gasteiger partial charge in [0, 0.05) is 17.5 Å². The highest BCUT2D eigenvalue weighted by atomic mass is 35.5. The monoisotopic (exact) mass is 267 g/mol. The minimum atomic E-state index is -0.0105. The second-order valence-corrected chi connectivity index (χ2v) is 4.90. The maximum Gasteiger partial charge on any atom is 0.251 e. The van der Waals surface area contributed by atoms with E-state index in [9.17, 15) is 4.79 Å². The molecule has 1 saturated carbocycles. The zero-order valence-electron chi connectivity index (χ0n) is 10.3. The van der Waals surface area contributed by atoms with E-state index in [0.717, 1.165) is 31.4 Å². The molecule has 1 aliphatic rings.